The Morgan fingerprint density at radius 1 is 1.45 bits per heavy atom. The van der Waals surface area contributed by atoms with Gasteiger partial charge in [0.15, 0.2) is 5.75 Å². The molecule has 0 spiro atoms. The monoisotopic (exact) mass is 285 g/mol. The SMILES string of the molecule is O=C([O-])C1CCc2ccc3[nH]c(C(F)(F)F)nc3c2O1. The first-order valence-corrected chi connectivity index (χ1v) is 5.82. The van der Waals surface area contributed by atoms with E-state index < -0.39 is 24.1 Å². The van der Waals surface area contributed by atoms with Gasteiger partial charge in [0.25, 0.3) is 0 Å². The van der Waals surface area contributed by atoms with E-state index in [-0.39, 0.29) is 23.2 Å². The second-order valence-electron chi connectivity index (χ2n) is 4.50. The van der Waals surface area contributed by atoms with Crippen molar-refractivity contribution in [2.24, 2.45) is 0 Å². The standard InChI is InChI=1S/C12H9F3N2O3/c13-12(14,15)11-16-6-3-1-5-2-4-7(10(18)19)20-9(5)8(6)17-11/h1,3,7H,2,4H2,(H,16,17)(H,18,19)/p-1. The van der Waals surface area contributed by atoms with Crippen molar-refractivity contribution in [2.45, 2.75) is 25.1 Å². The number of rotatable bonds is 1. The zero-order valence-corrected chi connectivity index (χ0v) is 9.95. The number of imidazole rings is 1. The lowest BCUT2D eigenvalue weighted by molar-refractivity contribution is -0.314. The molecule has 106 valence electrons. The average Bonchev–Trinajstić information content (AvgIpc) is 2.82. The Morgan fingerprint density at radius 3 is 2.85 bits per heavy atom. The molecule has 3 rings (SSSR count). The van der Waals surface area contributed by atoms with Crippen molar-refractivity contribution >= 4 is 17.0 Å². The first-order valence-electron chi connectivity index (χ1n) is 5.82. The minimum absolute atomic E-state index is 0.0132. The highest BCUT2D eigenvalue weighted by atomic mass is 19.4. The minimum atomic E-state index is -4.60. The lowest BCUT2D eigenvalue weighted by atomic mass is 10.0. The normalized spacial score (nSPS) is 18.6. The van der Waals surface area contributed by atoms with Gasteiger partial charge in [-0.1, -0.05) is 6.07 Å². The van der Waals surface area contributed by atoms with Crippen LogP contribution >= 0.6 is 0 Å². The number of aliphatic carboxylic acids is 1. The van der Waals surface area contributed by atoms with Gasteiger partial charge in [0.2, 0.25) is 5.82 Å². The van der Waals surface area contributed by atoms with Crippen molar-refractivity contribution in [2.75, 3.05) is 0 Å². The fourth-order valence-electron chi connectivity index (χ4n) is 2.21. The maximum absolute atomic E-state index is 12.6. The molecule has 1 aliphatic rings. The molecule has 1 aromatic carbocycles. The average molecular weight is 285 g/mol. The maximum atomic E-state index is 12.6. The Bertz CT molecular complexity index is 693. The fourth-order valence-corrected chi connectivity index (χ4v) is 2.21. The molecule has 0 bridgehead atoms. The first kappa shape index (κ1) is 12.8. The van der Waals surface area contributed by atoms with E-state index >= 15 is 0 Å². The number of hydrogen-bond acceptors (Lipinski definition) is 4. The van der Waals surface area contributed by atoms with Crippen LogP contribution in [0.15, 0.2) is 12.1 Å². The van der Waals surface area contributed by atoms with E-state index in [4.69, 9.17) is 4.74 Å². The predicted octanol–water partition coefficient (Wildman–Crippen LogP) is 1.03. The van der Waals surface area contributed by atoms with Crippen molar-refractivity contribution < 1.29 is 27.8 Å². The van der Waals surface area contributed by atoms with Crippen LogP contribution in [0.25, 0.3) is 11.0 Å². The number of halogens is 3. The number of nitrogens with one attached hydrogen (secondary N) is 1. The van der Waals surface area contributed by atoms with Crippen LogP contribution in [0.3, 0.4) is 0 Å². The van der Waals surface area contributed by atoms with Gasteiger partial charge in [-0.25, -0.2) is 4.98 Å². The number of benzene rings is 1. The van der Waals surface area contributed by atoms with Crippen molar-refractivity contribution in [3.05, 3.63) is 23.5 Å². The molecule has 0 aliphatic carbocycles. The van der Waals surface area contributed by atoms with Gasteiger partial charge in [-0.15, -0.1) is 0 Å². The summed E-state index contributed by atoms with van der Waals surface area (Å²) in [6.07, 6.45) is -5.16. The Balaban J connectivity index is 2.13. The molecule has 8 heteroatoms. The van der Waals surface area contributed by atoms with Crippen LogP contribution < -0.4 is 9.84 Å². The number of aromatic amines is 1. The van der Waals surface area contributed by atoms with Crippen LogP contribution in [0.2, 0.25) is 0 Å². The number of carbonyl (C=O) groups excluding carboxylic acids is 1. The van der Waals surface area contributed by atoms with E-state index in [0.29, 0.717) is 12.0 Å². The molecule has 2 aromatic rings. The Kier molecular flexibility index (Phi) is 2.63. The van der Waals surface area contributed by atoms with Crippen molar-refractivity contribution in [3.8, 4) is 5.75 Å². The highest BCUT2D eigenvalue weighted by Gasteiger charge is 2.36. The molecule has 5 nitrogen and oxygen atoms in total. The van der Waals surface area contributed by atoms with Crippen LogP contribution in [0.1, 0.15) is 17.8 Å². The zero-order chi connectivity index (χ0) is 14.5. The van der Waals surface area contributed by atoms with Gasteiger partial charge in [0.05, 0.1) is 11.5 Å². The Hall–Kier alpha value is -2.25. The summed E-state index contributed by atoms with van der Waals surface area (Å²) >= 11 is 0. The number of carboxylic acid groups (broad SMARTS) is 1. The topological polar surface area (TPSA) is 78.0 Å². The first-order chi connectivity index (χ1) is 9.36. The van der Waals surface area contributed by atoms with E-state index in [9.17, 15) is 23.1 Å². The second kappa shape index (κ2) is 4.12. The highest BCUT2D eigenvalue weighted by Crippen LogP contribution is 2.36. The molecule has 1 aliphatic heterocycles. The molecular weight excluding hydrogens is 277 g/mol. The molecular formula is C12H8F3N2O3-. The molecule has 0 fully saturated rings. The van der Waals surface area contributed by atoms with E-state index in [1.165, 1.54) is 6.07 Å². The van der Waals surface area contributed by atoms with E-state index in [1.807, 2.05) is 0 Å². The Labute approximate surface area is 110 Å². The van der Waals surface area contributed by atoms with Crippen LogP contribution in [0, 0.1) is 0 Å². The Morgan fingerprint density at radius 2 is 2.20 bits per heavy atom. The van der Waals surface area contributed by atoms with Gasteiger partial charge >= 0.3 is 6.18 Å². The number of fused-ring (bicyclic) bond motifs is 3. The molecule has 0 saturated heterocycles. The molecule has 0 amide bonds. The van der Waals surface area contributed by atoms with Crippen LogP contribution in [-0.2, 0) is 17.4 Å². The molecule has 2 heterocycles. The van der Waals surface area contributed by atoms with Crippen LogP contribution in [0.4, 0.5) is 13.2 Å². The summed E-state index contributed by atoms with van der Waals surface area (Å²) in [4.78, 5) is 16.4. The van der Waals surface area contributed by atoms with Crippen molar-refractivity contribution in [1.29, 1.82) is 0 Å². The van der Waals surface area contributed by atoms with Gasteiger partial charge in [-0.2, -0.15) is 13.2 Å². The number of aryl methyl sites for hydroxylation is 1. The van der Waals surface area contributed by atoms with Gasteiger partial charge in [-0.3, -0.25) is 0 Å². The maximum Gasteiger partial charge on any atom is 0.449 e. The van der Waals surface area contributed by atoms with Crippen molar-refractivity contribution in [1.82, 2.24) is 9.97 Å². The lowest BCUT2D eigenvalue weighted by Gasteiger charge is -2.26. The summed E-state index contributed by atoms with van der Waals surface area (Å²) in [5, 5.41) is 10.8. The predicted molar refractivity (Wildman–Crippen MR) is 58.8 cm³/mol. The van der Waals surface area contributed by atoms with Gasteiger partial charge in [-0.05, 0) is 24.5 Å². The van der Waals surface area contributed by atoms with E-state index in [0.717, 1.165) is 0 Å². The molecule has 0 saturated carbocycles. The number of carboxylic acids is 1. The van der Waals surface area contributed by atoms with Crippen molar-refractivity contribution in [3.63, 3.8) is 0 Å². The summed E-state index contributed by atoms with van der Waals surface area (Å²) in [5.41, 5.74) is 0.770. The third-order valence-corrected chi connectivity index (χ3v) is 3.16. The fraction of sp³-hybridized carbons (Fsp3) is 0.333. The number of ether oxygens (including phenoxy) is 1. The van der Waals surface area contributed by atoms with Gasteiger partial charge in [0, 0.05) is 0 Å². The van der Waals surface area contributed by atoms with E-state index in [1.54, 1.807) is 6.07 Å². The summed E-state index contributed by atoms with van der Waals surface area (Å²) in [5.74, 6) is -2.45. The van der Waals surface area contributed by atoms with Crippen LogP contribution in [-0.4, -0.2) is 22.0 Å². The number of hydrogen-bond donors (Lipinski definition) is 1. The number of aromatic nitrogens is 2. The summed E-state index contributed by atoms with van der Waals surface area (Å²) in [6, 6.07) is 3.07. The summed E-state index contributed by atoms with van der Waals surface area (Å²) < 4.78 is 43.1. The summed E-state index contributed by atoms with van der Waals surface area (Å²) in [7, 11) is 0. The minimum Gasteiger partial charge on any atom is -0.546 e. The summed E-state index contributed by atoms with van der Waals surface area (Å²) in [6.45, 7) is 0. The number of alkyl halides is 3. The quantitative estimate of drug-likeness (QED) is 0.848. The third-order valence-electron chi connectivity index (χ3n) is 3.16. The zero-order valence-electron chi connectivity index (χ0n) is 9.95. The third kappa shape index (κ3) is 1.97. The van der Waals surface area contributed by atoms with Gasteiger partial charge < -0.3 is 19.6 Å². The molecule has 1 unspecified atom stereocenters. The molecule has 1 aromatic heterocycles. The lowest BCUT2D eigenvalue weighted by Crippen LogP contribution is -2.41. The molecule has 20 heavy (non-hydrogen) atoms. The molecule has 1 atom stereocenters. The number of carbonyl (C=O) groups is 1. The van der Waals surface area contributed by atoms with Crippen LogP contribution in [0.5, 0.6) is 5.75 Å². The van der Waals surface area contributed by atoms with E-state index in [2.05, 4.69) is 9.97 Å². The molecule has 0 radical (unpaired) electrons. The van der Waals surface area contributed by atoms with Gasteiger partial charge in [0.1, 0.15) is 11.6 Å². The highest BCUT2D eigenvalue weighted by molar-refractivity contribution is 5.84. The smallest absolute Gasteiger partial charge is 0.449 e. The second-order valence-corrected chi connectivity index (χ2v) is 4.50. The molecule has 1 N–H and O–H groups in total. The number of H-pyrrole nitrogens is 1. The largest absolute Gasteiger partial charge is 0.546 e. The number of nitrogens with zero attached hydrogens (tertiary/aromatic N) is 1.